The van der Waals surface area contributed by atoms with E-state index < -0.39 is 4.92 Å². The number of hydrogen-bond acceptors (Lipinski definition) is 3. The van der Waals surface area contributed by atoms with Crippen LogP contribution in [0.15, 0.2) is 60.7 Å². The normalized spacial score (nSPS) is 12.4. The molecule has 0 heterocycles. The maximum Gasteiger partial charge on any atom is 0.269 e. The van der Waals surface area contributed by atoms with E-state index in [2.05, 4.69) is 12.1 Å². The van der Waals surface area contributed by atoms with Gasteiger partial charge in [0.25, 0.3) is 5.69 Å². The molecule has 2 aromatic carbocycles. The van der Waals surface area contributed by atoms with Crippen molar-refractivity contribution in [3.63, 3.8) is 0 Å². The lowest BCUT2D eigenvalue weighted by molar-refractivity contribution is -0.384. The van der Waals surface area contributed by atoms with Crippen LogP contribution < -0.4 is 5.73 Å². The van der Waals surface area contributed by atoms with E-state index in [1.807, 2.05) is 30.4 Å². The quantitative estimate of drug-likeness (QED) is 0.650. The average Bonchev–Trinajstić information content (AvgIpc) is 2.52. The summed E-state index contributed by atoms with van der Waals surface area (Å²) < 4.78 is 0. The Morgan fingerprint density at radius 3 is 2.38 bits per heavy atom. The van der Waals surface area contributed by atoms with Crippen molar-refractivity contribution in [3.8, 4) is 0 Å². The standard InChI is InChI=1S/C17H18N2O2/c18-16(10-6-14-4-2-1-3-5-14)11-7-15-8-12-17(13-9-15)19(20)21/h1-5,7-9,11-13,16H,6,10,18H2. The van der Waals surface area contributed by atoms with Crippen LogP contribution in [0.25, 0.3) is 6.08 Å². The topological polar surface area (TPSA) is 69.2 Å². The monoisotopic (exact) mass is 282 g/mol. The van der Waals surface area contributed by atoms with Gasteiger partial charge in [-0.05, 0) is 36.1 Å². The number of hydrogen-bond donors (Lipinski definition) is 1. The van der Waals surface area contributed by atoms with Gasteiger partial charge in [0, 0.05) is 18.2 Å². The molecular weight excluding hydrogens is 264 g/mol. The van der Waals surface area contributed by atoms with Crippen LogP contribution in [0.3, 0.4) is 0 Å². The molecule has 0 saturated heterocycles. The summed E-state index contributed by atoms with van der Waals surface area (Å²) in [4.78, 5) is 10.2. The van der Waals surface area contributed by atoms with Gasteiger partial charge in [0.1, 0.15) is 0 Å². The first-order valence-electron chi connectivity index (χ1n) is 6.87. The summed E-state index contributed by atoms with van der Waals surface area (Å²) in [5.74, 6) is 0. The number of nitro groups is 1. The first-order chi connectivity index (χ1) is 10.1. The van der Waals surface area contributed by atoms with E-state index in [4.69, 9.17) is 5.73 Å². The minimum absolute atomic E-state index is 0.0274. The first kappa shape index (κ1) is 14.9. The van der Waals surface area contributed by atoms with Crippen molar-refractivity contribution in [1.82, 2.24) is 0 Å². The Labute approximate surface area is 124 Å². The molecule has 0 amide bonds. The maximum absolute atomic E-state index is 10.6. The van der Waals surface area contributed by atoms with E-state index in [9.17, 15) is 10.1 Å². The van der Waals surface area contributed by atoms with Crippen LogP contribution in [-0.2, 0) is 6.42 Å². The molecule has 0 saturated carbocycles. The van der Waals surface area contributed by atoms with Crippen molar-refractivity contribution in [2.24, 2.45) is 5.73 Å². The van der Waals surface area contributed by atoms with Gasteiger partial charge >= 0.3 is 0 Å². The van der Waals surface area contributed by atoms with Crippen LogP contribution in [0, 0.1) is 10.1 Å². The predicted octanol–water partition coefficient (Wildman–Crippen LogP) is 3.57. The second-order valence-corrected chi connectivity index (χ2v) is 4.90. The van der Waals surface area contributed by atoms with Crippen LogP contribution in [0.2, 0.25) is 0 Å². The molecule has 0 radical (unpaired) electrons. The molecule has 0 aliphatic heterocycles. The van der Waals surface area contributed by atoms with Crippen LogP contribution in [0.1, 0.15) is 17.5 Å². The highest BCUT2D eigenvalue weighted by Crippen LogP contribution is 2.13. The Kier molecular flexibility index (Phi) is 5.23. The van der Waals surface area contributed by atoms with Gasteiger partial charge in [-0.25, -0.2) is 0 Å². The van der Waals surface area contributed by atoms with E-state index in [0.29, 0.717) is 0 Å². The maximum atomic E-state index is 10.6. The first-order valence-corrected chi connectivity index (χ1v) is 6.87. The summed E-state index contributed by atoms with van der Waals surface area (Å²) in [7, 11) is 0. The van der Waals surface area contributed by atoms with Gasteiger partial charge in [-0.15, -0.1) is 0 Å². The lowest BCUT2D eigenvalue weighted by Gasteiger charge is -2.06. The molecule has 2 aromatic rings. The number of nitro benzene ring substituents is 1. The minimum Gasteiger partial charge on any atom is -0.324 e. The molecule has 4 nitrogen and oxygen atoms in total. The third kappa shape index (κ3) is 4.85. The number of non-ortho nitro benzene ring substituents is 1. The van der Waals surface area contributed by atoms with Crippen molar-refractivity contribution in [1.29, 1.82) is 0 Å². The van der Waals surface area contributed by atoms with Crippen LogP contribution >= 0.6 is 0 Å². The number of nitrogens with two attached hydrogens (primary N) is 1. The third-order valence-electron chi connectivity index (χ3n) is 3.25. The summed E-state index contributed by atoms with van der Waals surface area (Å²) >= 11 is 0. The van der Waals surface area contributed by atoms with Gasteiger partial charge in [-0.3, -0.25) is 10.1 Å². The number of aryl methyl sites for hydroxylation is 1. The van der Waals surface area contributed by atoms with Crippen LogP contribution in [0.4, 0.5) is 5.69 Å². The molecule has 2 rings (SSSR count). The fourth-order valence-corrected chi connectivity index (χ4v) is 2.02. The second kappa shape index (κ2) is 7.36. The van der Waals surface area contributed by atoms with Crippen molar-refractivity contribution in [2.75, 3.05) is 0 Å². The van der Waals surface area contributed by atoms with Gasteiger partial charge in [0.05, 0.1) is 4.92 Å². The summed E-state index contributed by atoms with van der Waals surface area (Å²) in [5.41, 5.74) is 8.34. The smallest absolute Gasteiger partial charge is 0.269 e. The lowest BCUT2D eigenvalue weighted by atomic mass is 10.0. The molecular formula is C17H18N2O2. The molecule has 0 aliphatic rings. The highest BCUT2D eigenvalue weighted by molar-refractivity contribution is 5.52. The van der Waals surface area contributed by atoms with E-state index in [1.54, 1.807) is 12.1 Å². The fraction of sp³-hybridized carbons (Fsp3) is 0.176. The Hall–Kier alpha value is -2.46. The van der Waals surface area contributed by atoms with Crippen molar-refractivity contribution < 1.29 is 4.92 Å². The largest absolute Gasteiger partial charge is 0.324 e. The van der Waals surface area contributed by atoms with E-state index in [0.717, 1.165) is 18.4 Å². The fourth-order valence-electron chi connectivity index (χ4n) is 2.02. The molecule has 1 atom stereocenters. The van der Waals surface area contributed by atoms with Crippen LogP contribution in [0.5, 0.6) is 0 Å². The zero-order chi connectivity index (χ0) is 15.1. The zero-order valence-corrected chi connectivity index (χ0v) is 11.7. The number of nitrogens with zero attached hydrogens (tertiary/aromatic N) is 1. The molecule has 0 bridgehead atoms. The van der Waals surface area contributed by atoms with Gasteiger partial charge in [-0.2, -0.15) is 0 Å². The summed E-state index contributed by atoms with van der Waals surface area (Å²) in [6.07, 6.45) is 5.64. The predicted molar refractivity (Wildman–Crippen MR) is 84.9 cm³/mol. The van der Waals surface area contributed by atoms with Gasteiger partial charge < -0.3 is 5.73 Å². The Balaban J connectivity index is 1.86. The molecule has 1 unspecified atom stereocenters. The number of benzene rings is 2. The third-order valence-corrected chi connectivity index (χ3v) is 3.25. The van der Waals surface area contributed by atoms with E-state index >= 15 is 0 Å². The Bertz CT molecular complexity index is 606. The van der Waals surface area contributed by atoms with E-state index in [1.165, 1.54) is 17.7 Å². The molecule has 0 aromatic heterocycles. The highest BCUT2D eigenvalue weighted by Gasteiger charge is 2.03. The van der Waals surface area contributed by atoms with Gasteiger partial charge in [0.15, 0.2) is 0 Å². The summed E-state index contributed by atoms with van der Waals surface area (Å²) in [5, 5.41) is 10.6. The second-order valence-electron chi connectivity index (χ2n) is 4.90. The average molecular weight is 282 g/mol. The minimum atomic E-state index is -0.404. The van der Waals surface area contributed by atoms with Crippen molar-refractivity contribution in [3.05, 3.63) is 81.9 Å². The Morgan fingerprint density at radius 1 is 1.10 bits per heavy atom. The summed E-state index contributed by atoms with van der Waals surface area (Å²) in [6, 6.07) is 16.6. The molecule has 108 valence electrons. The molecule has 0 spiro atoms. The zero-order valence-electron chi connectivity index (χ0n) is 11.7. The highest BCUT2D eigenvalue weighted by atomic mass is 16.6. The van der Waals surface area contributed by atoms with Crippen molar-refractivity contribution >= 4 is 11.8 Å². The molecule has 21 heavy (non-hydrogen) atoms. The van der Waals surface area contributed by atoms with Gasteiger partial charge in [-0.1, -0.05) is 42.5 Å². The molecule has 2 N–H and O–H groups in total. The Morgan fingerprint density at radius 2 is 1.76 bits per heavy atom. The lowest BCUT2D eigenvalue weighted by Crippen LogP contribution is -2.17. The SMILES string of the molecule is NC(C=Cc1ccc([N+](=O)[O-])cc1)CCc1ccccc1. The van der Waals surface area contributed by atoms with E-state index in [-0.39, 0.29) is 11.7 Å². The summed E-state index contributed by atoms with van der Waals surface area (Å²) in [6.45, 7) is 0. The molecule has 4 heteroatoms. The molecule has 0 fully saturated rings. The molecule has 0 aliphatic carbocycles. The van der Waals surface area contributed by atoms with Crippen LogP contribution in [-0.4, -0.2) is 11.0 Å². The van der Waals surface area contributed by atoms with Gasteiger partial charge in [0.2, 0.25) is 0 Å². The number of rotatable bonds is 6. The van der Waals surface area contributed by atoms with Crippen molar-refractivity contribution in [2.45, 2.75) is 18.9 Å².